The SMILES string of the molecule is O=C(Nc1ccnn1Cc1ccc(Cl)c(F)c1)[C@@H]1CCCO1. The molecule has 0 saturated carbocycles. The van der Waals surface area contributed by atoms with E-state index in [0.29, 0.717) is 24.5 Å². The van der Waals surface area contributed by atoms with Crippen LogP contribution < -0.4 is 5.32 Å². The highest BCUT2D eigenvalue weighted by atomic mass is 35.5. The van der Waals surface area contributed by atoms with Gasteiger partial charge in [-0.1, -0.05) is 17.7 Å². The lowest BCUT2D eigenvalue weighted by atomic mass is 10.2. The van der Waals surface area contributed by atoms with E-state index in [0.717, 1.165) is 12.8 Å². The summed E-state index contributed by atoms with van der Waals surface area (Å²) in [5.74, 6) is -0.103. The van der Waals surface area contributed by atoms with Gasteiger partial charge >= 0.3 is 0 Å². The van der Waals surface area contributed by atoms with E-state index in [-0.39, 0.29) is 10.9 Å². The van der Waals surface area contributed by atoms with Gasteiger partial charge in [-0.05, 0) is 30.5 Å². The van der Waals surface area contributed by atoms with Crippen molar-refractivity contribution >= 4 is 23.3 Å². The molecule has 0 spiro atoms. The van der Waals surface area contributed by atoms with E-state index in [1.807, 2.05) is 0 Å². The number of amides is 1. The Hall–Kier alpha value is -1.92. The summed E-state index contributed by atoms with van der Waals surface area (Å²) in [5, 5.41) is 7.02. The standard InChI is InChI=1S/C15H15ClFN3O2/c16-11-4-3-10(8-12(11)17)9-20-14(5-6-18-20)19-15(21)13-2-1-7-22-13/h3-6,8,13H,1-2,7,9H2,(H,19,21)/t13-/m0/s1. The topological polar surface area (TPSA) is 56.2 Å². The van der Waals surface area contributed by atoms with E-state index in [1.165, 1.54) is 12.1 Å². The van der Waals surface area contributed by atoms with Crippen LogP contribution >= 0.6 is 11.6 Å². The molecule has 2 heterocycles. The van der Waals surface area contributed by atoms with Crippen molar-refractivity contribution in [2.75, 3.05) is 11.9 Å². The van der Waals surface area contributed by atoms with E-state index in [4.69, 9.17) is 16.3 Å². The van der Waals surface area contributed by atoms with Gasteiger partial charge in [0.25, 0.3) is 5.91 Å². The van der Waals surface area contributed by atoms with Gasteiger partial charge in [0.15, 0.2) is 0 Å². The first kappa shape index (κ1) is 15.0. The molecule has 1 N–H and O–H groups in total. The van der Waals surface area contributed by atoms with Crippen LogP contribution in [0.5, 0.6) is 0 Å². The predicted molar refractivity (Wildman–Crippen MR) is 80.3 cm³/mol. The molecule has 1 aliphatic heterocycles. The van der Waals surface area contributed by atoms with Crippen LogP contribution in [-0.4, -0.2) is 28.4 Å². The molecule has 1 saturated heterocycles. The van der Waals surface area contributed by atoms with Crippen molar-refractivity contribution in [2.24, 2.45) is 0 Å². The Kier molecular flexibility index (Phi) is 4.40. The molecule has 1 aromatic carbocycles. The van der Waals surface area contributed by atoms with Crippen LogP contribution in [0.4, 0.5) is 10.2 Å². The fraction of sp³-hybridized carbons (Fsp3) is 0.333. The zero-order chi connectivity index (χ0) is 15.5. The highest BCUT2D eigenvalue weighted by molar-refractivity contribution is 6.30. The number of ether oxygens (including phenoxy) is 1. The second-order valence-electron chi connectivity index (χ2n) is 5.11. The Labute approximate surface area is 132 Å². The molecule has 22 heavy (non-hydrogen) atoms. The number of hydrogen-bond donors (Lipinski definition) is 1. The van der Waals surface area contributed by atoms with Gasteiger partial charge in [0.05, 0.1) is 17.8 Å². The molecule has 0 aliphatic carbocycles. The molecule has 0 unspecified atom stereocenters. The fourth-order valence-electron chi connectivity index (χ4n) is 2.37. The Bertz CT molecular complexity index is 683. The van der Waals surface area contributed by atoms with Crippen LogP contribution in [0.1, 0.15) is 18.4 Å². The van der Waals surface area contributed by atoms with E-state index in [2.05, 4.69) is 10.4 Å². The molecule has 3 rings (SSSR count). The van der Waals surface area contributed by atoms with Gasteiger partial charge in [0.1, 0.15) is 17.7 Å². The third kappa shape index (κ3) is 3.28. The summed E-state index contributed by atoms with van der Waals surface area (Å²) in [6, 6.07) is 6.27. The maximum absolute atomic E-state index is 13.5. The number of carbonyl (C=O) groups is 1. The van der Waals surface area contributed by atoms with Gasteiger partial charge in [-0.2, -0.15) is 5.10 Å². The minimum Gasteiger partial charge on any atom is -0.368 e. The van der Waals surface area contributed by atoms with Gasteiger partial charge in [-0.25, -0.2) is 9.07 Å². The van der Waals surface area contributed by atoms with Crippen molar-refractivity contribution in [1.29, 1.82) is 0 Å². The number of nitrogens with zero attached hydrogens (tertiary/aromatic N) is 2. The number of halogens is 2. The average Bonchev–Trinajstić information content (AvgIpc) is 3.15. The largest absolute Gasteiger partial charge is 0.368 e. The third-order valence-corrected chi connectivity index (χ3v) is 3.81. The Morgan fingerprint density at radius 1 is 1.50 bits per heavy atom. The van der Waals surface area contributed by atoms with E-state index in [1.54, 1.807) is 23.0 Å². The molecule has 1 fully saturated rings. The van der Waals surface area contributed by atoms with Crippen LogP contribution in [0.25, 0.3) is 0 Å². The van der Waals surface area contributed by atoms with Crippen molar-refractivity contribution in [3.63, 3.8) is 0 Å². The first-order valence-corrected chi connectivity index (χ1v) is 7.39. The highest BCUT2D eigenvalue weighted by Gasteiger charge is 2.24. The summed E-state index contributed by atoms with van der Waals surface area (Å²) in [6.45, 7) is 0.948. The van der Waals surface area contributed by atoms with Crippen molar-refractivity contribution in [3.8, 4) is 0 Å². The summed E-state index contributed by atoms with van der Waals surface area (Å²) in [6.07, 6.45) is 2.79. The maximum Gasteiger partial charge on any atom is 0.254 e. The number of anilines is 1. The number of nitrogens with one attached hydrogen (secondary N) is 1. The van der Waals surface area contributed by atoms with Crippen molar-refractivity contribution in [2.45, 2.75) is 25.5 Å². The molecule has 5 nitrogen and oxygen atoms in total. The molecule has 7 heteroatoms. The Balaban J connectivity index is 1.71. The van der Waals surface area contributed by atoms with Gasteiger partial charge < -0.3 is 10.1 Å². The monoisotopic (exact) mass is 323 g/mol. The highest BCUT2D eigenvalue weighted by Crippen LogP contribution is 2.18. The Morgan fingerprint density at radius 2 is 2.36 bits per heavy atom. The second-order valence-corrected chi connectivity index (χ2v) is 5.52. The van der Waals surface area contributed by atoms with Crippen LogP contribution in [0, 0.1) is 5.82 Å². The van der Waals surface area contributed by atoms with Crippen LogP contribution in [0.3, 0.4) is 0 Å². The van der Waals surface area contributed by atoms with Crippen LogP contribution in [-0.2, 0) is 16.1 Å². The van der Waals surface area contributed by atoms with Gasteiger partial charge in [-0.15, -0.1) is 0 Å². The summed E-state index contributed by atoms with van der Waals surface area (Å²) in [4.78, 5) is 12.1. The minimum absolute atomic E-state index is 0.0797. The number of carbonyl (C=O) groups excluding carboxylic acids is 1. The molecule has 0 radical (unpaired) electrons. The summed E-state index contributed by atoms with van der Waals surface area (Å²) >= 11 is 5.67. The van der Waals surface area contributed by atoms with Crippen molar-refractivity contribution < 1.29 is 13.9 Å². The Morgan fingerprint density at radius 3 is 3.09 bits per heavy atom. The zero-order valence-corrected chi connectivity index (χ0v) is 12.5. The minimum atomic E-state index is -0.476. The van der Waals surface area contributed by atoms with Gasteiger partial charge in [-0.3, -0.25) is 4.79 Å². The summed E-state index contributed by atoms with van der Waals surface area (Å²) in [5.41, 5.74) is 0.707. The normalized spacial score (nSPS) is 17.6. The zero-order valence-electron chi connectivity index (χ0n) is 11.8. The third-order valence-electron chi connectivity index (χ3n) is 3.51. The maximum atomic E-state index is 13.5. The quantitative estimate of drug-likeness (QED) is 0.941. The molecular weight excluding hydrogens is 309 g/mol. The molecule has 1 atom stereocenters. The smallest absolute Gasteiger partial charge is 0.254 e. The summed E-state index contributed by atoms with van der Waals surface area (Å²) in [7, 11) is 0. The first-order chi connectivity index (χ1) is 10.6. The molecule has 1 amide bonds. The lowest BCUT2D eigenvalue weighted by molar-refractivity contribution is -0.124. The van der Waals surface area contributed by atoms with E-state index >= 15 is 0 Å². The fourth-order valence-corrected chi connectivity index (χ4v) is 2.48. The molecule has 2 aromatic rings. The number of benzene rings is 1. The predicted octanol–water partition coefficient (Wildman–Crippen LogP) is 2.84. The number of aromatic nitrogens is 2. The van der Waals surface area contributed by atoms with Crippen LogP contribution in [0.15, 0.2) is 30.5 Å². The van der Waals surface area contributed by atoms with Crippen molar-refractivity contribution in [3.05, 3.63) is 46.9 Å². The van der Waals surface area contributed by atoms with Gasteiger partial charge in [0.2, 0.25) is 0 Å². The van der Waals surface area contributed by atoms with E-state index in [9.17, 15) is 9.18 Å². The molecular formula is C15H15ClFN3O2. The number of hydrogen-bond acceptors (Lipinski definition) is 3. The molecule has 1 aromatic heterocycles. The van der Waals surface area contributed by atoms with Crippen LogP contribution in [0.2, 0.25) is 5.02 Å². The average molecular weight is 324 g/mol. The first-order valence-electron chi connectivity index (χ1n) is 7.02. The van der Waals surface area contributed by atoms with E-state index < -0.39 is 11.9 Å². The van der Waals surface area contributed by atoms with Crippen molar-refractivity contribution in [1.82, 2.24) is 9.78 Å². The van der Waals surface area contributed by atoms with Gasteiger partial charge in [0, 0.05) is 12.7 Å². The molecule has 1 aliphatic rings. The molecule has 116 valence electrons. The summed E-state index contributed by atoms with van der Waals surface area (Å²) < 4.78 is 20.4. The lowest BCUT2D eigenvalue weighted by Crippen LogP contribution is -2.28. The number of rotatable bonds is 4. The molecule has 0 bridgehead atoms. The lowest BCUT2D eigenvalue weighted by Gasteiger charge is -2.12. The second kappa shape index (κ2) is 6.46.